The number of nitro groups is 1. The van der Waals surface area contributed by atoms with Crippen LogP contribution in [-0.4, -0.2) is 15.0 Å². The molecule has 0 bridgehead atoms. The fourth-order valence-electron chi connectivity index (χ4n) is 3.34. The molecule has 1 unspecified atom stereocenters. The number of nitrogens with zero attached hydrogens (tertiary/aromatic N) is 2. The molecule has 2 N–H and O–H groups in total. The smallest absolute Gasteiger partial charge is 0.275 e. The Bertz CT molecular complexity index is 1170. The highest BCUT2D eigenvalue weighted by molar-refractivity contribution is 7.15. The molecule has 0 radical (unpaired) electrons. The second-order valence-electron chi connectivity index (χ2n) is 6.39. The van der Waals surface area contributed by atoms with Crippen LogP contribution in [0.2, 0.25) is 0 Å². The molecule has 4 rings (SSSR count). The zero-order chi connectivity index (χ0) is 19.7. The van der Waals surface area contributed by atoms with Crippen molar-refractivity contribution in [3.8, 4) is 5.75 Å². The van der Waals surface area contributed by atoms with Gasteiger partial charge in [0, 0.05) is 22.7 Å². The Morgan fingerprint density at radius 2 is 1.86 bits per heavy atom. The average Bonchev–Trinajstić information content (AvgIpc) is 3.11. The van der Waals surface area contributed by atoms with Crippen molar-refractivity contribution < 1.29 is 10.0 Å². The number of thiazole rings is 1. The number of hydrogen-bond donors (Lipinski definition) is 2. The first-order valence-electron chi connectivity index (χ1n) is 8.67. The number of rotatable bonds is 5. The summed E-state index contributed by atoms with van der Waals surface area (Å²) < 4.78 is 0. The molecule has 0 aliphatic carbocycles. The molecule has 0 saturated carbocycles. The quantitative estimate of drug-likeness (QED) is 0.350. The second-order valence-corrected chi connectivity index (χ2v) is 7.62. The van der Waals surface area contributed by atoms with Gasteiger partial charge in [0.1, 0.15) is 5.75 Å². The molecule has 140 valence electrons. The number of anilines is 1. The summed E-state index contributed by atoms with van der Waals surface area (Å²) in [5.41, 5.74) is 1.04. The molecule has 6 nitrogen and oxygen atoms in total. The van der Waals surface area contributed by atoms with E-state index in [0.29, 0.717) is 16.3 Å². The summed E-state index contributed by atoms with van der Waals surface area (Å²) in [6.07, 6.45) is 1.74. The summed E-state index contributed by atoms with van der Waals surface area (Å²) in [6, 6.07) is 17.0. The number of nitro benzene ring substituents is 1. The second kappa shape index (κ2) is 7.28. The van der Waals surface area contributed by atoms with Crippen LogP contribution < -0.4 is 5.32 Å². The predicted molar refractivity (Wildman–Crippen MR) is 111 cm³/mol. The minimum absolute atomic E-state index is 0.0133. The first-order chi connectivity index (χ1) is 13.5. The summed E-state index contributed by atoms with van der Waals surface area (Å²) in [6.45, 7) is 1.94. The largest absolute Gasteiger partial charge is 0.508 e. The summed E-state index contributed by atoms with van der Waals surface area (Å²) in [7, 11) is 0. The summed E-state index contributed by atoms with van der Waals surface area (Å²) in [5.74, 6) is 0.0719. The molecule has 1 atom stereocenters. The minimum atomic E-state index is -0.641. The average molecular weight is 391 g/mol. The SMILES string of the molecule is Cc1cnc(NC(c2ccccc2[N+](=O)[O-])c2c(O)ccc3ccccc23)s1. The molecule has 0 spiro atoms. The number of fused-ring (bicyclic) bond motifs is 1. The molecule has 0 aliphatic heterocycles. The summed E-state index contributed by atoms with van der Waals surface area (Å²) in [4.78, 5) is 16.6. The van der Waals surface area contributed by atoms with E-state index in [4.69, 9.17) is 0 Å². The molecule has 28 heavy (non-hydrogen) atoms. The third kappa shape index (κ3) is 3.27. The van der Waals surface area contributed by atoms with Crippen LogP contribution in [0.3, 0.4) is 0 Å². The first-order valence-corrected chi connectivity index (χ1v) is 9.49. The van der Waals surface area contributed by atoms with Crippen molar-refractivity contribution in [3.05, 3.63) is 93.0 Å². The van der Waals surface area contributed by atoms with Gasteiger partial charge in [-0.2, -0.15) is 0 Å². The van der Waals surface area contributed by atoms with Crippen molar-refractivity contribution >= 4 is 32.9 Å². The number of para-hydroxylation sites is 1. The zero-order valence-corrected chi connectivity index (χ0v) is 15.8. The van der Waals surface area contributed by atoms with E-state index in [-0.39, 0.29) is 11.4 Å². The van der Waals surface area contributed by atoms with Crippen LogP contribution in [0, 0.1) is 17.0 Å². The van der Waals surface area contributed by atoms with Crippen LogP contribution in [0.15, 0.2) is 66.9 Å². The van der Waals surface area contributed by atoms with Gasteiger partial charge in [-0.3, -0.25) is 10.1 Å². The Kier molecular flexibility index (Phi) is 4.67. The van der Waals surface area contributed by atoms with Crippen LogP contribution in [0.4, 0.5) is 10.8 Å². The molecule has 7 heteroatoms. The molecule has 4 aromatic rings. The third-order valence-electron chi connectivity index (χ3n) is 4.57. The van der Waals surface area contributed by atoms with Gasteiger partial charge in [0.25, 0.3) is 5.69 Å². The predicted octanol–water partition coefficient (Wildman–Crippen LogP) is 5.42. The third-order valence-corrected chi connectivity index (χ3v) is 5.41. The fourth-order valence-corrected chi connectivity index (χ4v) is 4.03. The monoisotopic (exact) mass is 391 g/mol. The number of benzene rings is 3. The van der Waals surface area contributed by atoms with Crippen LogP contribution >= 0.6 is 11.3 Å². The Hall–Kier alpha value is -3.45. The summed E-state index contributed by atoms with van der Waals surface area (Å²) >= 11 is 1.46. The lowest BCUT2D eigenvalue weighted by Crippen LogP contribution is -2.15. The fraction of sp³-hybridized carbons (Fsp3) is 0.0952. The zero-order valence-electron chi connectivity index (χ0n) is 15.0. The molecule has 1 heterocycles. The highest BCUT2D eigenvalue weighted by Gasteiger charge is 2.27. The molecule has 0 saturated heterocycles. The van der Waals surface area contributed by atoms with Gasteiger partial charge in [0.15, 0.2) is 5.13 Å². The number of aromatic hydroxyl groups is 1. The Morgan fingerprint density at radius 1 is 1.11 bits per heavy atom. The topological polar surface area (TPSA) is 88.3 Å². The number of hydrogen-bond acceptors (Lipinski definition) is 6. The van der Waals surface area contributed by atoms with Crippen molar-refractivity contribution in [2.24, 2.45) is 0 Å². The van der Waals surface area contributed by atoms with Crippen molar-refractivity contribution in [1.29, 1.82) is 0 Å². The van der Waals surface area contributed by atoms with Crippen molar-refractivity contribution in [3.63, 3.8) is 0 Å². The van der Waals surface area contributed by atoms with E-state index in [9.17, 15) is 15.2 Å². The summed E-state index contributed by atoms with van der Waals surface area (Å²) in [5, 5.41) is 28.1. The van der Waals surface area contributed by atoms with E-state index in [1.807, 2.05) is 37.3 Å². The van der Waals surface area contributed by atoms with Gasteiger partial charge in [0.05, 0.1) is 16.5 Å². The van der Waals surface area contributed by atoms with Crippen LogP contribution in [-0.2, 0) is 0 Å². The molecule has 0 aliphatic rings. The van der Waals surface area contributed by atoms with Gasteiger partial charge in [-0.15, -0.1) is 11.3 Å². The lowest BCUT2D eigenvalue weighted by Gasteiger charge is -2.22. The first kappa shape index (κ1) is 17.9. The Labute approximate surface area is 165 Å². The maximum Gasteiger partial charge on any atom is 0.275 e. The number of aryl methyl sites for hydroxylation is 1. The Morgan fingerprint density at radius 3 is 2.61 bits per heavy atom. The number of nitrogens with one attached hydrogen (secondary N) is 1. The van der Waals surface area contributed by atoms with Crippen LogP contribution in [0.1, 0.15) is 22.0 Å². The van der Waals surface area contributed by atoms with Crippen LogP contribution in [0.25, 0.3) is 10.8 Å². The number of phenolic OH excluding ortho intramolecular Hbond substituents is 1. The molecule has 0 fully saturated rings. The maximum absolute atomic E-state index is 11.7. The molecular formula is C21H17N3O3S. The molecule has 1 aromatic heterocycles. The Balaban J connectivity index is 1.97. The van der Waals surface area contributed by atoms with E-state index in [1.165, 1.54) is 17.4 Å². The highest BCUT2D eigenvalue weighted by atomic mass is 32.1. The molecular weight excluding hydrogens is 374 g/mol. The van der Waals surface area contributed by atoms with E-state index in [0.717, 1.165) is 15.6 Å². The highest BCUT2D eigenvalue weighted by Crippen LogP contribution is 2.41. The van der Waals surface area contributed by atoms with Gasteiger partial charge < -0.3 is 10.4 Å². The van der Waals surface area contributed by atoms with E-state index in [1.54, 1.807) is 30.5 Å². The van der Waals surface area contributed by atoms with Crippen molar-refractivity contribution in [1.82, 2.24) is 4.98 Å². The van der Waals surface area contributed by atoms with E-state index in [2.05, 4.69) is 10.3 Å². The van der Waals surface area contributed by atoms with E-state index < -0.39 is 11.0 Å². The minimum Gasteiger partial charge on any atom is -0.508 e. The van der Waals surface area contributed by atoms with Crippen molar-refractivity contribution in [2.45, 2.75) is 13.0 Å². The molecule has 0 amide bonds. The number of aromatic nitrogens is 1. The lowest BCUT2D eigenvalue weighted by molar-refractivity contribution is -0.385. The van der Waals surface area contributed by atoms with Crippen LogP contribution in [0.5, 0.6) is 5.75 Å². The van der Waals surface area contributed by atoms with Gasteiger partial charge in [-0.05, 0) is 29.8 Å². The number of phenols is 1. The van der Waals surface area contributed by atoms with Crippen molar-refractivity contribution in [2.75, 3.05) is 5.32 Å². The lowest BCUT2D eigenvalue weighted by atomic mass is 9.92. The van der Waals surface area contributed by atoms with E-state index >= 15 is 0 Å². The van der Waals surface area contributed by atoms with Gasteiger partial charge in [-0.25, -0.2) is 4.98 Å². The molecule has 3 aromatic carbocycles. The van der Waals surface area contributed by atoms with Gasteiger partial charge in [-0.1, -0.05) is 42.5 Å². The van der Waals surface area contributed by atoms with Gasteiger partial charge in [0.2, 0.25) is 0 Å². The standard InChI is InChI=1S/C21H17N3O3S/c1-13-12-22-21(28-13)23-20(16-8-4-5-9-17(16)24(26)27)19-15-7-3-2-6-14(15)10-11-18(19)25/h2-12,20,25H,1H3,(H,22,23). The normalized spacial score (nSPS) is 12.0. The van der Waals surface area contributed by atoms with Gasteiger partial charge >= 0.3 is 0 Å². The maximum atomic E-state index is 11.7.